The zero-order chi connectivity index (χ0) is 20.3. The molecule has 1 amide bonds. The zero-order valence-corrected chi connectivity index (χ0v) is 16.1. The van der Waals surface area contributed by atoms with E-state index >= 15 is 0 Å². The second-order valence-corrected chi connectivity index (χ2v) is 7.12. The molecule has 0 spiro atoms. The van der Waals surface area contributed by atoms with Crippen LogP contribution in [0.15, 0.2) is 52.9 Å². The highest BCUT2D eigenvalue weighted by atomic mass is 19.1. The number of amides is 1. The van der Waals surface area contributed by atoms with Crippen LogP contribution in [0.4, 0.5) is 4.39 Å². The molecule has 28 heavy (non-hydrogen) atoms. The summed E-state index contributed by atoms with van der Waals surface area (Å²) in [5.41, 5.74) is 1.75. The standard InChI is InChI=1S/C22H23FN2O3/c1-14-4-6-16(7-5-14)21-25-19(15(2)28-21)12-20(26)24-13-22(3,27)17-8-10-18(23)11-9-17/h4-11,27H,12-13H2,1-3H3,(H,24,26). The molecule has 2 aromatic carbocycles. The molecule has 0 aliphatic carbocycles. The van der Waals surface area contributed by atoms with Gasteiger partial charge in [0.25, 0.3) is 0 Å². The third-order valence-corrected chi connectivity index (χ3v) is 4.62. The van der Waals surface area contributed by atoms with Crippen molar-refractivity contribution in [2.45, 2.75) is 32.8 Å². The Morgan fingerprint density at radius 1 is 1.14 bits per heavy atom. The Kier molecular flexibility index (Phi) is 5.61. The van der Waals surface area contributed by atoms with E-state index < -0.39 is 5.60 Å². The van der Waals surface area contributed by atoms with E-state index in [-0.39, 0.29) is 24.7 Å². The fraction of sp³-hybridized carbons (Fsp3) is 0.273. The van der Waals surface area contributed by atoms with Crippen molar-refractivity contribution in [2.24, 2.45) is 0 Å². The Hall–Kier alpha value is -2.99. The number of nitrogens with one attached hydrogen (secondary N) is 1. The fourth-order valence-electron chi connectivity index (χ4n) is 2.81. The van der Waals surface area contributed by atoms with E-state index in [1.807, 2.05) is 31.2 Å². The lowest BCUT2D eigenvalue weighted by Crippen LogP contribution is -2.39. The first kappa shape index (κ1) is 19.8. The smallest absolute Gasteiger partial charge is 0.226 e. The van der Waals surface area contributed by atoms with Crippen LogP contribution in [-0.4, -0.2) is 22.5 Å². The van der Waals surface area contributed by atoms with E-state index in [0.29, 0.717) is 22.9 Å². The first-order valence-electron chi connectivity index (χ1n) is 9.03. The van der Waals surface area contributed by atoms with E-state index in [1.54, 1.807) is 13.8 Å². The number of rotatable bonds is 6. The molecule has 0 saturated heterocycles. The molecule has 1 atom stereocenters. The van der Waals surface area contributed by atoms with Crippen LogP contribution >= 0.6 is 0 Å². The van der Waals surface area contributed by atoms with Gasteiger partial charge in [0.05, 0.1) is 18.7 Å². The summed E-state index contributed by atoms with van der Waals surface area (Å²) < 4.78 is 18.7. The van der Waals surface area contributed by atoms with Gasteiger partial charge in [-0.3, -0.25) is 4.79 Å². The molecule has 3 aromatic rings. The highest BCUT2D eigenvalue weighted by Crippen LogP contribution is 2.23. The van der Waals surface area contributed by atoms with Crippen molar-refractivity contribution in [1.82, 2.24) is 10.3 Å². The van der Waals surface area contributed by atoms with Crippen LogP contribution in [-0.2, 0) is 16.8 Å². The molecule has 5 nitrogen and oxygen atoms in total. The highest BCUT2D eigenvalue weighted by Gasteiger charge is 2.24. The average molecular weight is 382 g/mol. The third kappa shape index (κ3) is 4.64. The van der Waals surface area contributed by atoms with Crippen molar-refractivity contribution in [3.8, 4) is 11.5 Å². The molecule has 6 heteroatoms. The minimum Gasteiger partial charge on any atom is -0.441 e. The van der Waals surface area contributed by atoms with Gasteiger partial charge in [-0.05, 0) is 50.6 Å². The van der Waals surface area contributed by atoms with Gasteiger partial charge in [0, 0.05) is 5.56 Å². The highest BCUT2D eigenvalue weighted by molar-refractivity contribution is 5.78. The summed E-state index contributed by atoms with van der Waals surface area (Å²) in [6.45, 7) is 5.33. The SMILES string of the molecule is Cc1ccc(-c2nc(CC(=O)NCC(C)(O)c3ccc(F)cc3)c(C)o2)cc1. The van der Waals surface area contributed by atoms with Crippen LogP contribution in [0.1, 0.15) is 29.5 Å². The van der Waals surface area contributed by atoms with E-state index in [0.717, 1.165) is 11.1 Å². The van der Waals surface area contributed by atoms with Gasteiger partial charge >= 0.3 is 0 Å². The molecule has 2 N–H and O–H groups in total. The molecule has 146 valence electrons. The van der Waals surface area contributed by atoms with E-state index in [4.69, 9.17) is 4.42 Å². The first-order valence-corrected chi connectivity index (χ1v) is 9.03. The number of carbonyl (C=O) groups excluding carboxylic acids is 1. The maximum atomic E-state index is 13.0. The number of hydrogen-bond acceptors (Lipinski definition) is 4. The molecule has 0 radical (unpaired) electrons. The molecule has 0 saturated carbocycles. The lowest BCUT2D eigenvalue weighted by atomic mass is 9.96. The van der Waals surface area contributed by atoms with Gasteiger partial charge in [-0.15, -0.1) is 0 Å². The van der Waals surface area contributed by atoms with Crippen molar-refractivity contribution >= 4 is 5.91 Å². The molecular formula is C22H23FN2O3. The maximum Gasteiger partial charge on any atom is 0.226 e. The predicted molar refractivity (Wildman–Crippen MR) is 104 cm³/mol. The molecule has 0 bridgehead atoms. The second-order valence-electron chi connectivity index (χ2n) is 7.12. The van der Waals surface area contributed by atoms with Crippen molar-refractivity contribution in [3.05, 3.63) is 76.9 Å². The number of aliphatic hydroxyl groups is 1. The summed E-state index contributed by atoms with van der Waals surface area (Å²) in [6.07, 6.45) is 0.0424. The summed E-state index contributed by atoms with van der Waals surface area (Å²) in [7, 11) is 0. The van der Waals surface area contributed by atoms with Crippen molar-refractivity contribution in [1.29, 1.82) is 0 Å². The van der Waals surface area contributed by atoms with Crippen LogP contribution in [0, 0.1) is 19.7 Å². The molecule has 0 fully saturated rings. The Bertz CT molecular complexity index is 960. The van der Waals surface area contributed by atoms with Gasteiger partial charge in [-0.2, -0.15) is 0 Å². The summed E-state index contributed by atoms with van der Waals surface area (Å²) in [4.78, 5) is 16.8. The Labute approximate surface area is 163 Å². The summed E-state index contributed by atoms with van der Waals surface area (Å²) in [5, 5.41) is 13.3. The lowest BCUT2D eigenvalue weighted by Gasteiger charge is -2.24. The number of halogens is 1. The average Bonchev–Trinajstić information content (AvgIpc) is 3.01. The number of oxazole rings is 1. The number of nitrogens with zero attached hydrogens (tertiary/aromatic N) is 1. The summed E-state index contributed by atoms with van der Waals surface area (Å²) in [6, 6.07) is 13.3. The number of benzene rings is 2. The normalized spacial score (nSPS) is 13.2. The van der Waals surface area contributed by atoms with Gasteiger partial charge in [-0.1, -0.05) is 29.8 Å². The predicted octanol–water partition coefficient (Wildman–Crippen LogP) is 3.66. The minimum atomic E-state index is -1.31. The van der Waals surface area contributed by atoms with Crippen LogP contribution in [0.2, 0.25) is 0 Å². The molecule has 1 unspecified atom stereocenters. The van der Waals surface area contributed by atoms with Crippen LogP contribution < -0.4 is 5.32 Å². The van der Waals surface area contributed by atoms with Gasteiger partial charge in [0.15, 0.2) is 0 Å². The van der Waals surface area contributed by atoms with Crippen molar-refractivity contribution in [3.63, 3.8) is 0 Å². The van der Waals surface area contributed by atoms with Gasteiger partial charge in [0.2, 0.25) is 11.8 Å². The summed E-state index contributed by atoms with van der Waals surface area (Å²) in [5.74, 6) is 0.387. The molecule has 1 aromatic heterocycles. The van der Waals surface area contributed by atoms with Crippen LogP contribution in [0.5, 0.6) is 0 Å². The van der Waals surface area contributed by atoms with Crippen LogP contribution in [0.3, 0.4) is 0 Å². The monoisotopic (exact) mass is 382 g/mol. The van der Waals surface area contributed by atoms with Crippen LogP contribution in [0.25, 0.3) is 11.5 Å². The Morgan fingerprint density at radius 3 is 2.43 bits per heavy atom. The van der Waals surface area contributed by atoms with Gasteiger partial charge in [-0.25, -0.2) is 9.37 Å². The van der Waals surface area contributed by atoms with E-state index in [1.165, 1.54) is 24.3 Å². The zero-order valence-electron chi connectivity index (χ0n) is 16.1. The molecule has 3 rings (SSSR count). The van der Waals surface area contributed by atoms with Crippen molar-refractivity contribution in [2.75, 3.05) is 6.54 Å². The minimum absolute atomic E-state index is 0.000809. The maximum absolute atomic E-state index is 13.0. The number of aromatic nitrogens is 1. The number of hydrogen-bond donors (Lipinski definition) is 2. The molecule has 0 aliphatic heterocycles. The quantitative estimate of drug-likeness (QED) is 0.682. The van der Waals surface area contributed by atoms with Crippen molar-refractivity contribution < 1.29 is 18.7 Å². The van der Waals surface area contributed by atoms with E-state index in [9.17, 15) is 14.3 Å². The molecule has 1 heterocycles. The lowest BCUT2D eigenvalue weighted by molar-refractivity contribution is -0.121. The first-order chi connectivity index (χ1) is 13.2. The topological polar surface area (TPSA) is 75.4 Å². The van der Waals surface area contributed by atoms with Gasteiger partial charge in [0.1, 0.15) is 17.2 Å². The largest absolute Gasteiger partial charge is 0.441 e. The number of aryl methyl sites for hydroxylation is 2. The fourth-order valence-corrected chi connectivity index (χ4v) is 2.81. The Morgan fingerprint density at radius 2 is 1.79 bits per heavy atom. The third-order valence-electron chi connectivity index (χ3n) is 4.62. The Balaban J connectivity index is 1.63. The summed E-state index contributed by atoms with van der Waals surface area (Å²) >= 11 is 0. The number of carbonyl (C=O) groups is 1. The molecule has 0 aliphatic rings. The van der Waals surface area contributed by atoms with E-state index in [2.05, 4.69) is 10.3 Å². The molecular weight excluding hydrogens is 359 g/mol. The van der Waals surface area contributed by atoms with Gasteiger partial charge < -0.3 is 14.8 Å². The second kappa shape index (κ2) is 7.94.